The SMILES string of the molecule is O=C(CCOCC(F)F)c1cc(Br)ccc1F. The number of halogens is 4. The first-order valence-electron chi connectivity index (χ1n) is 4.85. The third-order valence-electron chi connectivity index (χ3n) is 1.95. The average molecular weight is 311 g/mol. The van der Waals surface area contributed by atoms with Gasteiger partial charge in [0.15, 0.2) is 5.78 Å². The van der Waals surface area contributed by atoms with Crippen LogP contribution in [0.15, 0.2) is 22.7 Å². The van der Waals surface area contributed by atoms with Crippen molar-refractivity contribution in [1.82, 2.24) is 0 Å². The van der Waals surface area contributed by atoms with Gasteiger partial charge in [-0.2, -0.15) is 0 Å². The van der Waals surface area contributed by atoms with E-state index in [1.807, 2.05) is 0 Å². The van der Waals surface area contributed by atoms with Crippen LogP contribution in [0.25, 0.3) is 0 Å². The number of carbonyl (C=O) groups excluding carboxylic acids is 1. The van der Waals surface area contributed by atoms with Gasteiger partial charge in [0.1, 0.15) is 12.4 Å². The molecule has 1 aromatic rings. The highest BCUT2D eigenvalue weighted by Crippen LogP contribution is 2.17. The first-order chi connectivity index (χ1) is 8.00. The molecule has 0 bridgehead atoms. The van der Waals surface area contributed by atoms with E-state index in [9.17, 15) is 18.0 Å². The van der Waals surface area contributed by atoms with E-state index in [-0.39, 0.29) is 18.6 Å². The fourth-order valence-corrected chi connectivity index (χ4v) is 1.54. The highest BCUT2D eigenvalue weighted by molar-refractivity contribution is 9.10. The third kappa shape index (κ3) is 4.87. The first-order valence-corrected chi connectivity index (χ1v) is 5.64. The maximum Gasteiger partial charge on any atom is 0.261 e. The van der Waals surface area contributed by atoms with Gasteiger partial charge in [0.25, 0.3) is 6.43 Å². The molecule has 94 valence electrons. The molecule has 0 amide bonds. The zero-order chi connectivity index (χ0) is 12.8. The summed E-state index contributed by atoms with van der Waals surface area (Å²) in [5.74, 6) is -1.11. The van der Waals surface area contributed by atoms with Gasteiger partial charge in [0, 0.05) is 10.9 Å². The smallest absolute Gasteiger partial charge is 0.261 e. The van der Waals surface area contributed by atoms with E-state index in [2.05, 4.69) is 20.7 Å². The highest BCUT2D eigenvalue weighted by Gasteiger charge is 2.12. The van der Waals surface area contributed by atoms with Crippen LogP contribution in [0.2, 0.25) is 0 Å². The molecule has 2 nitrogen and oxygen atoms in total. The highest BCUT2D eigenvalue weighted by atomic mass is 79.9. The molecule has 17 heavy (non-hydrogen) atoms. The summed E-state index contributed by atoms with van der Waals surface area (Å²) in [6, 6.07) is 3.99. The third-order valence-corrected chi connectivity index (χ3v) is 2.44. The van der Waals surface area contributed by atoms with Gasteiger partial charge >= 0.3 is 0 Å². The van der Waals surface area contributed by atoms with Crippen LogP contribution in [0.4, 0.5) is 13.2 Å². The Bertz CT molecular complexity index is 396. The van der Waals surface area contributed by atoms with Crippen molar-refractivity contribution in [3.05, 3.63) is 34.1 Å². The van der Waals surface area contributed by atoms with Crippen molar-refractivity contribution in [3.8, 4) is 0 Å². The van der Waals surface area contributed by atoms with Crippen LogP contribution < -0.4 is 0 Å². The summed E-state index contributed by atoms with van der Waals surface area (Å²) in [7, 11) is 0. The number of carbonyl (C=O) groups is 1. The summed E-state index contributed by atoms with van der Waals surface area (Å²) >= 11 is 3.12. The molecule has 1 aromatic carbocycles. The summed E-state index contributed by atoms with van der Waals surface area (Å²) in [5.41, 5.74) is -0.0694. The lowest BCUT2D eigenvalue weighted by molar-refractivity contribution is 0.0169. The first kappa shape index (κ1) is 14.2. The van der Waals surface area contributed by atoms with Crippen LogP contribution in [0.3, 0.4) is 0 Å². The predicted octanol–water partition coefficient (Wildman–Crippen LogP) is 3.44. The van der Waals surface area contributed by atoms with Gasteiger partial charge < -0.3 is 4.74 Å². The van der Waals surface area contributed by atoms with Crippen molar-refractivity contribution in [2.75, 3.05) is 13.2 Å². The monoisotopic (exact) mass is 310 g/mol. The zero-order valence-electron chi connectivity index (χ0n) is 8.76. The molecule has 0 atom stereocenters. The molecule has 0 aliphatic heterocycles. The summed E-state index contributed by atoms with van der Waals surface area (Å²) in [4.78, 5) is 11.5. The van der Waals surface area contributed by atoms with Crippen LogP contribution in [0.1, 0.15) is 16.8 Å². The molecule has 0 saturated carbocycles. The topological polar surface area (TPSA) is 26.3 Å². The van der Waals surface area contributed by atoms with Crippen molar-refractivity contribution >= 4 is 21.7 Å². The summed E-state index contributed by atoms with van der Waals surface area (Å²) in [6.07, 6.45) is -2.69. The predicted molar refractivity (Wildman–Crippen MR) is 59.9 cm³/mol. The minimum atomic E-state index is -2.56. The number of ketones is 1. The second-order valence-corrected chi connectivity index (χ2v) is 4.18. The number of hydrogen-bond donors (Lipinski definition) is 0. The lowest BCUT2D eigenvalue weighted by Gasteiger charge is -2.04. The normalized spacial score (nSPS) is 10.9. The molecule has 0 radical (unpaired) electrons. The minimum absolute atomic E-state index is 0.0694. The molecule has 0 N–H and O–H groups in total. The molecule has 0 fully saturated rings. The molecule has 0 heterocycles. The molecule has 0 unspecified atom stereocenters. The Morgan fingerprint density at radius 2 is 2.12 bits per heavy atom. The molecule has 0 aliphatic carbocycles. The Morgan fingerprint density at radius 3 is 2.76 bits per heavy atom. The van der Waals surface area contributed by atoms with Crippen molar-refractivity contribution in [2.45, 2.75) is 12.8 Å². The fourth-order valence-electron chi connectivity index (χ4n) is 1.18. The van der Waals surface area contributed by atoms with Gasteiger partial charge in [0.2, 0.25) is 0 Å². The number of ether oxygens (including phenoxy) is 1. The second-order valence-electron chi connectivity index (χ2n) is 3.26. The van der Waals surface area contributed by atoms with E-state index in [1.165, 1.54) is 12.1 Å². The maximum atomic E-state index is 13.3. The van der Waals surface area contributed by atoms with E-state index in [1.54, 1.807) is 0 Å². The molecule has 0 aliphatic rings. The maximum absolute atomic E-state index is 13.3. The van der Waals surface area contributed by atoms with E-state index < -0.39 is 24.6 Å². The quantitative estimate of drug-likeness (QED) is 0.594. The summed E-state index contributed by atoms with van der Waals surface area (Å²) in [6.45, 7) is -0.858. The fraction of sp³-hybridized carbons (Fsp3) is 0.364. The lowest BCUT2D eigenvalue weighted by atomic mass is 10.1. The Morgan fingerprint density at radius 1 is 1.41 bits per heavy atom. The van der Waals surface area contributed by atoms with Crippen LogP contribution in [-0.4, -0.2) is 25.4 Å². The Kier molecular flexibility index (Phi) is 5.64. The van der Waals surface area contributed by atoms with Gasteiger partial charge in [-0.15, -0.1) is 0 Å². The number of alkyl halides is 2. The van der Waals surface area contributed by atoms with Crippen LogP contribution in [-0.2, 0) is 4.74 Å². The van der Waals surface area contributed by atoms with Gasteiger partial charge in [-0.1, -0.05) is 15.9 Å². The largest absolute Gasteiger partial charge is 0.375 e. The Hall–Kier alpha value is -0.880. The summed E-state index contributed by atoms with van der Waals surface area (Å²) in [5, 5.41) is 0. The van der Waals surface area contributed by atoms with E-state index in [4.69, 9.17) is 0 Å². The van der Waals surface area contributed by atoms with Crippen molar-refractivity contribution in [1.29, 1.82) is 0 Å². The number of benzene rings is 1. The number of hydrogen-bond acceptors (Lipinski definition) is 2. The van der Waals surface area contributed by atoms with E-state index >= 15 is 0 Å². The molecule has 6 heteroatoms. The van der Waals surface area contributed by atoms with Crippen LogP contribution >= 0.6 is 15.9 Å². The Labute approximate surface area is 105 Å². The van der Waals surface area contributed by atoms with Crippen molar-refractivity contribution in [3.63, 3.8) is 0 Å². The van der Waals surface area contributed by atoms with Crippen LogP contribution in [0, 0.1) is 5.82 Å². The molecular weight excluding hydrogens is 301 g/mol. The molecule has 0 aromatic heterocycles. The van der Waals surface area contributed by atoms with E-state index in [0.717, 1.165) is 6.07 Å². The van der Waals surface area contributed by atoms with Gasteiger partial charge in [0.05, 0.1) is 12.2 Å². The standard InChI is InChI=1S/C11H10BrF3O2/c12-7-1-2-9(13)8(5-7)10(16)3-4-17-6-11(14)15/h1-2,5,11H,3-4,6H2. The lowest BCUT2D eigenvalue weighted by Crippen LogP contribution is -2.10. The molecular formula is C11H10BrF3O2. The van der Waals surface area contributed by atoms with Gasteiger partial charge in [-0.05, 0) is 18.2 Å². The van der Waals surface area contributed by atoms with Gasteiger partial charge in [-0.3, -0.25) is 4.79 Å². The minimum Gasteiger partial charge on any atom is -0.375 e. The van der Waals surface area contributed by atoms with Gasteiger partial charge in [-0.25, -0.2) is 13.2 Å². The summed E-state index contributed by atoms with van der Waals surface area (Å²) < 4.78 is 41.8. The number of rotatable bonds is 6. The second kappa shape index (κ2) is 6.76. The molecule has 1 rings (SSSR count). The average Bonchev–Trinajstić information content (AvgIpc) is 2.27. The molecule has 0 spiro atoms. The zero-order valence-corrected chi connectivity index (χ0v) is 10.3. The van der Waals surface area contributed by atoms with Crippen molar-refractivity contribution in [2.24, 2.45) is 0 Å². The molecule has 0 saturated heterocycles. The van der Waals surface area contributed by atoms with Crippen LogP contribution in [0.5, 0.6) is 0 Å². The van der Waals surface area contributed by atoms with Crippen molar-refractivity contribution < 1.29 is 22.7 Å². The van der Waals surface area contributed by atoms with E-state index in [0.29, 0.717) is 4.47 Å². The number of Topliss-reactive ketones (excluding diaryl/α,β-unsaturated/α-hetero) is 1. The Balaban J connectivity index is 2.49.